The number of methoxy groups -OCH3 is 1. The van der Waals surface area contributed by atoms with Gasteiger partial charge in [-0.15, -0.1) is 0 Å². The van der Waals surface area contributed by atoms with E-state index >= 15 is 0 Å². The second kappa shape index (κ2) is 9.30. The molecule has 3 aromatic rings. The summed E-state index contributed by atoms with van der Waals surface area (Å²) in [6.45, 7) is 1.02. The molecule has 1 unspecified atom stereocenters. The lowest BCUT2D eigenvalue weighted by Crippen LogP contribution is -2.29. The Hall–Kier alpha value is -2.55. The Kier molecular flexibility index (Phi) is 6.79. The zero-order chi connectivity index (χ0) is 21.0. The van der Waals surface area contributed by atoms with Gasteiger partial charge in [-0.05, 0) is 43.3 Å². The first kappa shape index (κ1) is 21.2. The SMILES string of the molecule is COc1ccc2nc(NC(=O)COC(=O)C(C)Oc3ccc(Cl)cc3Cl)sc2c1. The highest BCUT2D eigenvalue weighted by atomic mass is 35.5. The molecule has 3 rings (SSSR count). The van der Waals surface area contributed by atoms with Gasteiger partial charge in [0.2, 0.25) is 0 Å². The van der Waals surface area contributed by atoms with Crippen molar-refractivity contribution in [2.75, 3.05) is 19.0 Å². The minimum Gasteiger partial charge on any atom is -0.497 e. The van der Waals surface area contributed by atoms with Crippen molar-refractivity contribution in [2.45, 2.75) is 13.0 Å². The minimum atomic E-state index is -0.962. The standard InChI is InChI=1S/C19H16Cl2N2O5S/c1-10(28-15-6-3-11(20)7-13(15)21)18(25)27-9-17(24)23-19-22-14-5-4-12(26-2)8-16(14)29-19/h3-8,10H,9H2,1-2H3,(H,22,23,24). The summed E-state index contributed by atoms with van der Waals surface area (Å²) in [5, 5.41) is 3.71. The van der Waals surface area contributed by atoms with Crippen LogP contribution in [0.2, 0.25) is 10.0 Å². The third-order valence-corrected chi connectivity index (χ3v) is 5.18. The molecule has 0 aliphatic carbocycles. The fourth-order valence-corrected chi connectivity index (χ4v) is 3.67. The molecule has 0 radical (unpaired) electrons. The van der Waals surface area contributed by atoms with E-state index < -0.39 is 24.6 Å². The van der Waals surface area contributed by atoms with Crippen LogP contribution in [0.5, 0.6) is 11.5 Å². The maximum absolute atomic E-state index is 12.1. The number of carbonyl (C=O) groups is 2. The van der Waals surface area contributed by atoms with Crippen molar-refractivity contribution in [3.05, 3.63) is 46.4 Å². The molecular weight excluding hydrogens is 439 g/mol. The molecule has 0 aliphatic heterocycles. The number of nitrogens with one attached hydrogen (secondary N) is 1. The molecule has 0 fully saturated rings. The summed E-state index contributed by atoms with van der Waals surface area (Å²) >= 11 is 13.1. The topological polar surface area (TPSA) is 86.8 Å². The van der Waals surface area contributed by atoms with Gasteiger partial charge in [0.25, 0.3) is 5.91 Å². The molecule has 1 aromatic heterocycles. The molecule has 152 valence electrons. The number of rotatable bonds is 7. The number of esters is 1. The Labute approximate surface area is 180 Å². The van der Waals surface area contributed by atoms with Crippen molar-refractivity contribution < 1.29 is 23.8 Å². The number of fused-ring (bicyclic) bond motifs is 1. The summed E-state index contributed by atoms with van der Waals surface area (Å²) in [6.07, 6.45) is -0.962. The molecule has 1 heterocycles. The first-order chi connectivity index (χ1) is 13.9. The molecule has 2 aromatic carbocycles. The van der Waals surface area contributed by atoms with Crippen molar-refractivity contribution in [3.63, 3.8) is 0 Å². The van der Waals surface area contributed by atoms with Crippen molar-refractivity contribution in [2.24, 2.45) is 0 Å². The van der Waals surface area contributed by atoms with Gasteiger partial charge in [-0.1, -0.05) is 34.5 Å². The van der Waals surface area contributed by atoms with Gasteiger partial charge in [-0.2, -0.15) is 0 Å². The number of carbonyl (C=O) groups excluding carboxylic acids is 2. The van der Waals surface area contributed by atoms with Crippen molar-refractivity contribution in [1.29, 1.82) is 0 Å². The van der Waals surface area contributed by atoms with Crippen LogP contribution in [-0.2, 0) is 14.3 Å². The number of thiazole rings is 1. The molecule has 1 N–H and O–H groups in total. The van der Waals surface area contributed by atoms with Gasteiger partial charge in [0, 0.05) is 5.02 Å². The van der Waals surface area contributed by atoms with Crippen LogP contribution in [0, 0.1) is 0 Å². The number of ether oxygens (including phenoxy) is 3. The molecule has 0 saturated carbocycles. The van der Waals surface area contributed by atoms with Crippen LogP contribution in [0.4, 0.5) is 5.13 Å². The molecule has 29 heavy (non-hydrogen) atoms. The lowest BCUT2D eigenvalue weighted by atomic mass is 10.3. The largest absolute Gasteiger partial charge is 0.497 e. The monoisotopic (exact) mass is 454 g/mol. The van der Waals surface area contributed by atoms with E-state index in [0.29, 0.717) is 15.9 Å². The number of nitrogens with zero attached hydrogens (tertiary/aromatic N) is 1. The molecule has 0 spiro atoms. The van der Waals surface area contributed by atoms with Crippen LogP contribution in [0.15, 0.2) is 36.4 Å². The van der Waals surface area contributed by atoms with Crippen LogP contribution in [0.3, 0.4) is 0 Å². The predicted molar refractivity (Wildman–Crippen MR) is 112 cm³/mol. The summed E-state index contributed by atoms with van der Waals surface area (Å²) < 4.78 is 16.5. The Morgan fingerprint density at radius 2 is 2.00 bits per heavy atom. The average molecular weight is 455 g/mol. The third kappa shape index (κ3) is 5.50. The van der Waals surface area contributed by atoms with Gasteiger partial charge in [-0.3, -0.25) is 10.1 Å². The molecule has 1 amide bonds. The van der Waals surface area contributed by atoms with Crippen LogP contribution >= 0.6 is 34.5 Å². The van der Waals surface area contributed by atoms with Gasteiger partial charge in [-0.25, -0.2) is 9.78 Å². The Balaban J connectivity index is 1.52. The van der Waals surface area contributed by atoms with Crippen LogP contribution in [0.1, 0.15) is 6.92 Å². The highest BCUT2D eigenvalue weighted by molar-refractivity contribution is 7.22. The van der Waals surface area contributed by atoms with E-state index in [1.165, 1.54) is 24.3 Å². The third-order valence-electron chi connectivity index (χ3n) is 3.72. The Morgan fingerprint density at radius 3 is 2.72 bits per heavy atom. The Bertz CT molecular complexity index is 1060. The molecule has 1 atom stereocenters. The second-order valence-electron chi connectivity index (χ2n) is 5.84. The highest BCUT2D eigenvalue weighted by Crippen LogP contribution is 2.29. The molecule has 0 aliphatic rings. The maximum atomic E-state index is 12.1. The number of anilines is 1. The maximum Gasteiger partial charge on any atom is 0.347 e. The number of aromatic nitrogens is 1. The normalized spacial score (nSPS) is 11.7. The number of benzene rings is 2. The molecular formula is C19H16Cl2N2O5S. The van der Waals surface area contributed by atoms with Gasteiger partial charge in [0.05, 0.1) is 22.3 Å². The molecule has 7 nitrogen and oxygen atoms in total. The summed E-state index contributed by atoms with van der Waals surface area (Å²) in [6, 6.07) is 10.0. The first-order valence-corrected chi connectivity index (χ1v) is 9.95. The van der Waals surface area contributed by atoms with E-state index in [2.05, 4.69) is 10.3 Å². The zero-order valence-electron chi connectivity index (χ0n) is 15.4. The van der Waals surface area contributed by atoms with Gasteiger partial charge in [0.15, 0.2) is 17.8 Å². The van der Waals surface area contributed by atoms with E-state index in [9.17, 15) is 9.59 Å². The van der Waals surface area contributed by atoms with Gasteiger partial charge in [0.1, 0.15) is 11.5 Å². The first-order valence-electron chi connectivity index (χ1n) is 8.38. The van der Waals surface area contributed by atoms with Crippen molar-refractivity contribution in [3.8, 4) is 11.5 Å². The summed E-state index contributed by atoms with van der Waals surface area (Å²) in [5.74, 6) is -0.237. The van der Waals surface area contributed by atoms with E-state index in [-0.39, 0.29) is 10.8 Å². The number of halogens is 2. The molecule has 0 saturated heterocycles. The number of amides is 1. The number of hydrogen-bond acceptors (Lipinski definition) is 7. The Morgan fingerprint density at radius 1 is 1.21 bits per heavy atom. The van der Waals surface area contributed by atoms with Crippen molar-refractivity contribution in [1.82, 2.24) is 4.98 Å². The van der Waals surface area contributed by atoms with Crippen molar-refractivity contribution >= 4 is 61.8 Å². The van der Waals surface area contributed by atoms with Gasteiger partial charge >= 0.3 is 5.97 Å². The van der Waals surface area contributed by atoms with Crippen LogP contribution in [0.25, 0.3) is 10.2 Å². The predicted octanol–water partition coefficient (Wildman–Crippen LogP) is 4.56. The summed E-state index contributed by atoms with van der Waals surface area (Å²) in [4.78, 5) is 28.4. The van der Waals surface area contributed by atoms with Crippen LogP contribution in [-0.4, -0.2) is 36.7 Å². The van der Waals surface area contributed by atoms with E-state index in [4.69, 9.17) is 37.4 Å². The van der Waals surface area contributed by atoms with E-state index in [0.717, 1.165) is 10.2 Å². The average Bonchev–Trinajstić information content (AvgIpc) is 3.09. The fourth-order valence-electron chi connectivity index (χ4n) is 2.30. The lowest BCUT2D eigenvalue weighted by Gasteiger charge is -2.14. The number of hydrogen-bond donors (Lipinski definition) is 1. The smallest absolute Gasteiger partial charge is 0.347 e. The van der Waals surface area contributed by atoms with Crippen LogP contribution < -0.4 is 14.8 Å². The minimum absolute atomic E-state index is 0.266. The molecule has 0 bridgehead atoms. The van der Waals surface area contributed by atoms with Gasteiger partial charge < -0.3 is 14.2 Å². The second-order valence-corrected chi connectivity index (χ2v) is 7.72. The van der Waals surface area contributed by atoms with E-state index in [1.807, 2.05) is 6.07 Å². The lowest BCUT2D eigenvalue weighted by molar-refractivity contribution is -0.153. The quantitative estimate of drug-likeness (QED) is 0.526. The van der Waals surface area contributed by atoms with E-state index in [1.54, 1.807) is 31.4 Å². The summed E-state index contributed by atoms with van der Waals surface area (Å²) in [7, 11) is 1.57. The highest BCUT2D eigenvalue weighted by Gasteiger charge is 2.19. The molecule has 10 heteroatoms. The summed E-state index contributed by atoms with van der Waals surface area (Å²) in [5.41, 5.74) is 0.727. The fraction of sp³-hybridized carbons (Fsp3) is 0.211. The zero-order valence-corrected chi connectivity index (χ0v) is 17.7.